The lowest BCUT2D eigenvalue weighted by molar-refractivity contribution is -0.137. The Bertz CT molecular complexity index is 966. The van der Waals surface area contributed by atoms with E-state index < -0.39 is 11.9 Å². The first-order chi connectivity index (χ1) is 14.9. The van der Waals surface area contributed by atoms with Crippen molar-refractivity contribution in [3.05, 3.63) is 103 Å². The predicted molar refractivity (Wildman–Crippen MR) is 122 cm³/mol. The van der Waals surface area contributed by atoms with Crippen LogP contribution in [-0.4, -0.2) is 30.3 Å². The van der Waals surface area contributed by atoms with Crippen LogP contribution < -0.4 is 0 Å². The minimum atomic E-state index is -0.940. The Morgan fingerprint density at radius 2 is 1.32 bits per heavy atom. The van der Waals surface area contributed by atoms with Gasteiger partial charge in [0.2, 0.25) is 0 Å². The molecular weight excluding hydrogens is 392 g/mol. The van der Waals surface area contributed by atoms with Crippen molar-refractivity contribution in [2.75, 3.05) is 13.2 Å². The molecule has 2 rings (SSSR count). The third kappa shape index (κ3) is 7.82. The number of unbranched alkanes of at least 4 members (excludes halogenated alkanes) is 1. The summed E-state index contributed by atoms with van der Waals surface area (Å²) in [5.74, 6) is -0.833. The Morgan fingerprint density at radius 1 is 0.806 bits per heavy atom. The smallest absolute Gasteiger partial charge is 0.335 e. The highest BCUT2D eigenvalue weighted by Crippen LogP contribution is 2.23. The molecule has 0 spiro atoms. The molecule has 0 aliphatic carbocycles. The minimum Gasteiger partial charge on any atom is -0.494 e. The van der Waals surface area contributed by atoms with Crippen molar-refractivity contribution < 1.29 is 24.2 Å². The molecule has 0 aromatic heterocycles. The monoisotopic (exact) mass is 418 g/mol. The van der Waals surface area contributed by atoms with E-state index in [1.807, 2.05) is 30.3 Å². The third-order valence-electron chi connectivity index (χ3n) is 4.43. The molecule has 0 unspecified atom stereocenters. The van der Waals surface area contributed by atoms with E-state index >= 15 is 0 Å². The number of rotatable bonds is 12. The molecule has 31 heavy (non-hydrogen) atoms. The van der Waals surface area contributed by atoms with Gasteiger partial charge in [0.05, 0.1) is 18.8 Å². The van der Waals surface area contributed by atoms with Crippen molar-refractivity contribution in [3.63, 3.8) is 0 Å². The molecule has 5 heteroatoms. The number of carboxylic acid groups (broad SMARTS) is 1. The molecule has 0 fully saturated rings. The molecule has 160 valence electrons. The first-order valence-corrected chi connectivity index (χ1v) is 9.82. The lowest BCUT2D eigenvalue weighted by Gasteiger charge is -2.07. The molecule has 2 aromatic carbocycles. The highest BCUT2D eigenvalue weighted by molar-refractivity contribution is 5.88. The fourth-order valence-corrected chi connectivity index (χ4v) is 2.66. The zero-order valence-electron chi connectivity index (χ0n) is 17.4. The van der Waals surface area contributed by atoms with Gasteiger partial charge in [-0.3, -0.25) is 0 Å². The summed E-state index contributed by atoms with van der Waals surface area (Å²) < 4.78 is 10.4. The first kappa shape index (κ1) is 23.4. The molecule has 0 aliphatic heterocycles. The average molecular weight is 418 g/mol. The second-order valence-corrected chi connectivity index (χ2v) is 6.71. The van der Waals surface area contributed by atoms with E-state index in [1.54, 1.807) is 30.3 Å². The summed E-state index contributed by atoms with van der Waals surface area (Å²) in [6, 6.07) is 14.6. The van der Waals surface area contributed by atoms with Crippen LogP contribution in [0.25, 0.3) is 16.7 Å². The van der Waals surface area contributed by atoms with E-state index in [9.17, 15) is 9.59 Å². The highest BCUT2D eigenvalue weighted by atomic mass is 16.5. The van der Waals surface area contributed by atoms with Crippen molar-refractivity contribution >= 4 is 17.5 Å². The number of benzene rings is 2. The Morgan fingerprint density at radius 3 is 1.84 bits per heavy atom. The van der Waals surface area contributed by atoms with E-state index in [0.717, 1.165) is 34.8 Å². The third-order valence-corrected chi connectivity index (χ3v) is 4.43. The Hall–Kier alpha value is -3.86. The maximum Gasteiger partial charge on any atom is 0.335 e. The molecule has 0 heterocycles. The Labute approximate surface area is 182 Å². The Kier molecular flexibility index (Phi) is 9.05. The molecular formula is C26H26O5. The van der Waals surface area contributed by atoms with Crippen LogP contribution >= 0.6 is 0 Å². The van der Waals surface area contributed by atoms with Crippen molar-refractivity contribution in [2.45, 2.75) is 12.8 Å². The minimum absolute atomic E-state index is 0.262. The van der Waals surface area contributed by atoms with Crippen LogP contribution in [0.2, 0.25) is 0 Å². The lowest BCUT2D eigenvalue weighted by Crippen LogP contribution is -2.03. The fourth-order valence-electron chi connectivity index (χ4n) is 2.66. The van der Waals surface area contributed by atoms with Crippen LogP contribution in [0.15, 0.2) is 92.3 Å². The van der Waals surface area contributed by atoms with E-state index in [-0.39, 0.29) is 5.56 Å². The van der Waals surface area contributed by atoms with Gasteiger partial charge in [-0.1, -0.05) is 62.2 Å². The van der Waals surface area contributed by atoms with Gasteiger partial charge in [0, 0.05) is 6.08 Å². The Balaban J connectivity index is 1.80. The van der Waals surface area contributed by atoms with E-state index in [0.29, 0.717) is 25.4 Å². The zero-order chi connectivity index (χ0) is 22.6. The normalized spacial score (nSPS) is 10.5. The van der Waals surface area contributed by atoms with Crippen molar-refractivity contribution in [2.24, 2.45) is 0 Å². The van der Waals surface area contributed by atoms with Crippen LogP contribution in [0.5, 0.6) is 0 Å². The molecule has 5 nitrogen and oxygen atoms in total. The molecule has 2 aromatic rings. The van der Waals surface area contributed by atoms with Gasteiger partial charge in [0.15, 0.2) is 0 Å². The van der Waals surface area contributed by atoms with Gasteiger partial charge in [-0.2, -0.15) is 0 Å². The molecule has 0 amide bonds. The summed E-state index contributed by atoms with van der Waals surface area (Å²) in [7, 11) is 0. The molecule has 0 radical (unpaired) electrons. The largest absolute Gasteiger partial charge is 0.494 e. The first-order valence-electron chi connectivity index (χ1n) is 9.82. The average Bonchev–Trinajstić information content (AvgIpc) is 2.79. The zero-order valence-corrected chi connectivity index (χ0v) is 17.4. The summed E-state index contributed by atoms with van der Waals surface area (Å²) in [6.07, 6.45) is 6.19. The number of carbonyl (C=O) groups excluding carboxylic acids is 1. The summed E-state index contributed by atoms with van der Waals surface area (Å²) in [4.78, 5) is 21.9. The van der Waals surface area contributed by atoms with Gasteiger partial charge in [-0.05, 0) is 53.3 Å². The number of ether oxygens (including phenoxy) is 2. The van der Waals surface area contributed by atoms with Gasteiger partial charge >= 0.3 is 11.9 Å². The summed E-state index contributed by atoms with van der Waals surface area (Å²) in [6.45, 7) is 12.1. The summed E-state index contributed by atoms with van der Waals surface area (Å²) in [5.41, 5.74) is 3.97. The molecule has 0 bridgehead atoms. The van der Waals surface area contributed by atoms with Crippen LogP contribution in [0.3, 0.4) is 0 Å². The number of hydrogen-bond donors (Lipinski definition) is 1. The molecule has 0 atom stereocenters. The summed E-state index contributed by atoms with van der Waals surface area (Å²) in [5, 5.41) is 8.99. The SMILES string of the molecule is C=CC(=O)OCCCCOC(=C)/C=C\C(=C)c1ccc(-c2ccc(C(=O)O)cc2)cc1. The van der Waals surface area contributed by atoms with Crippen LogP contribution in [0.4, 0.5) is 0 Å². The van der Waals surface area contributed by atoms with Crippen LogP contribution in [0.1, 0.15) is 28.8 Å². The molecule has 1 N–H and O–H groups in total. The maximum atomic E-state index is 11.0. The van der Waals surface area contributed by atoms with Crippen molar-refractivity contribution in [1.29, 1.82) is 0 Å². The maximum absolute atomic E-state index is 11.0. The van der Waals surface area contributed by atoms with Gasteiger partial charge in [-0.15, -0.1) is 0 Å². The van der Waals surface area contributed by atoms with Crippen molar-refractivity contribution in [1.82, 2.24) is 0 Å². The predicted octanol–water partition coefficient (Wildman–Crippen LogP) is 5.66. The lowest BCUT2D eigenvalue weighted by atomic mass is 10.00. The second-order valence-electron chi connectivity index (χ2n) is 6.71. The number of aromatic carboxylic acids is 1. The van der Waals surface area contributed by atoms with Crippen LogP contribution in [-0.2, 0) is 14.3 Å². The van der Waals surface area contributed by atoms with Crippen LogP contribution in [0, 0.1) is 0 Å². The highest BCUT2D eigenvalue weighted by Gasteiger charge is 2.04. The number of allylic oxidation sites excluding steroid dienone is 3. The summed E-state index contributed by atoms with van der Waals surface area (Å²) >= 11 is 0. The van der Waals surface area contributed by atoms with Gasteiger partial charge in [0.25, 0.3) is 0 Å². The second kappa shape index (κ2) is 12.0. The van der Waals surface area contributed by atoms with E-state index in [4.69, 9.17) is 14.6 Å². The van der Waals surface area contributed by atoms with Crippen molar-refractivity contribution in [3.8, 4) is 11.1 Å². The number of hydrogen-bond acceptors (Lipinski definition) is 4. The number of esters is 1. The number of carboxylic acids is 1. The van der Waals surface area contributed by atoms with Gasteiger partial charge < -0.3 is 14.6 Å². The standard InChI is InChI=1S/C26H26O5/c1-4-25(27)31-18-6-5-17-30-20(3)8-7-19(2)21-9-11-22(12-10-21)23-13-15-24(16-14-23)26(28)29/h4,7-16H,1-3,5-6,17-18H2,(H,28,29)/b8-7-. The number of carbonyl (C=O) groups is 2. The molecule has 0 saturated heterocycles. The fraction of sp³-hybridized carbons (Fsp3) is 0.154. The van der Waals surface area contributed by atoms with E-state index in [1.165, 1.54) is 0 Å². The quantitative estimate of drug-likeness (QED) is 0.158. The molecule has 0 saturated carbocycles. The topological polar surface area (TPSA) is 72.8 Å². The van der Waals surface area contributed by atoms with Gasteiger partial charge in [0.1, 0.15) is 5.76 Å². The van der Waals surface area contributed by atoms with E-state index in [2.05, 4.69) is 19.7 Å². The van der Waals surface area contributed by atoms with Gasteiger partial charge in [-0.25, -0.2) is 9.59 Å². The molecule has 0 aliphatic rings.